The molecule has 2 rings (SSSR count). The van der Waals surface area contributed by atoms with Crippen molar-refractivity contribution in [3.05, 3.63) is 0 Å². The molecule has 0 aromatic carbocycles. The number of aliphatic hydroxyl groups excluding tert-OH is 1. The standard InChI is InChI=1S/C17H32N2O3/c1-16-7-5-14(4-2-3-10-20)12-17(16,21)8-6-15(16)13-19-22-11-9-18/h13-15,20-21H,2-12,18H2,1H3/b19-13+/t14-,15+,16+,17-/m0/s1. The van der Waals surface area contributed by atoms with Crippen molar-refractivity contribution in [3.63, 3.8) is 0 Å². The summed E-state index contributed by atoms with van der Waals surface area (Å²) in [5.74, 6) is 0.877. The van der Waals surface area contributed by atoms with E-state index in [0.717, 1.165) is 51.4 Å². The Hall–Kier alpha value is -0.650. The van der Waals surface area contributed by atoms with Crippen LogP contribution in [-0.4, -0.2) is 41.8 Å². The molecule has 5 nitrogen and oxygen atoms in total. The SMILES string of the molecule is C[C@]12CC[C@H](CCCCO)C[C@@]1(O)CC[C@@H]2/C=N/OCCN. The molecule has 0 unspecified atom stereocenters. The lowest BCUT2D eigenvalue weighted by Crippen LogP contribution is -2.50. The molecule has 2 saturated carbocycles. The van der Waals surface area contributed by atoms with E-state index in [1.165, 1.54) is 0 Å². The highest BCUT2D eigenvalue weighted by molar-refractivity contribution is 5.62. The monoisotopic (exact) mass is 312 g/mol. The van der Waals surface area contributed by atoms with Crippen molar-refractivity contribution in [2.24, 2.45) is 28.1 Å². The van der Waals surface area contributed by atoms with Crippen LogP contribution < -0.4 is 5.73 Å². The zero-order valence-corrected chi connectivity index (χ0v) is 13.8. The summed E-state index contributed by atoms with van der Waals surface area (Å²) in [4.78, 5) is 5.13. The van der Waals surface area contributed by atoms with Gasteiger partial charge in [-0.3, -0.25) is 0 Å². The van der Waals surface area contributed by atoms with Gasteiger partial charge in [-0.1, -0.05) is 24.9 Å². The third kappa shape index (κ3) is 3.63. The average Bonchev–Trinajstić information content (AvgIpc) is 2.76. The first-order chi connectivity index (χ1) is 10.6. The van der Waals surface area contributed by atoms with Crippen LogP contribution in [0, 0.1) is 17.3 Å². The van der Waals surface area contributed by atoms with E-state index in [-0.39, 0.29) is 17.9 Å². The minimum atomic E-state index is -0.570. The lowest BCUT2D eigenvalue weighted by atomic mass is 9.60. The van der Waals surface area contributed by atoms with Crippen LogP contribution >= 0.6 is 0 Å². The Morgan fingerprint density at radius 2 is 2.14 bits per heavy atom. The molecule has 2 aliphatic rings. The molecule has 0 aliphatic heterocycles. The van der Waals surface area contributed by atoms with Crippen molar-refractivity contribution < 1.29 is 15.1 Å². The minimum absolute atomic E-state index is 0.0872. The largest absolute Gasteiger partial charge is 0.396 e. The van der Waals surface area contributed by atoms with Crippen LogP contribution in [0.4, 0.5) is 0 Å². The molecule has 0 bridgehead atoms. The van der Waals surface area contributed by atoms with Crippen LogP contribution in [0.5, 0.6) is 0 Å². The van der Waals surface area contributed by atoms with Crippen LogP contribution in [0.15, 0.2) is 5.16 Å². The van der Waals surface area contributed by atoms with Gasteiger partial charge in [-0.25, -0.2) is 0 Å². The maximum Gasteiger partial charge on any atom is 0.129 e. The number of hydrogen-bond acceptors (Lipinski definition) is 5. The molecule has 0 aromatic rings. The van der Waals surface area contributed by atoms with Gasteiger partial charge in [0.25, 0.3) is 0 Å². The highest BCUT2D eigenvalue weighted by atomic mass is 16.6. The number of rotatable bonds is 8. The van der Waals surface area contributed by atoms with Gasteiger partial charge in [0.2, 0.25) is 0 Å². The first-order valence-electron chi connectivity index (χ1n) is 8.74. The van der Waals surface area contributed by atoms with E-state index in [2.05, 4.69) is 12.1 Å². The molecule has 2 fully saturated rings. The van der Waals surface area contributed by atoms with Gasteiger partial charge in [0.05, 0.1) is 5.60 Å². The van der Waals surface area contributed by atoms with E-state index in [4.69, 9.17) is 15.7 Å². The first-order valence-corrected chi connectivity index (χ1v) is 8.74. The quantitative estimate of drug-likeness (QED) is 0.364. The van der Waals surface area contributed by atoms with Gasteiger partial charge in [-0.2, -0.15) is 0 Å². The smallest absolute Gasteiger partial charge is 0.129 e. The van der Waals surface area contributed by atoms with Crippen molar-refractivity contribution in [1.29, 1.82) is 0 Å². The summed E-state index contributed by atoms with van der Waals surface area (Å²) in [6.45, 7) is 3.40. The normalized spacial score (nSPS) is 38.4. The Kier molecular flexibility index (Phi) is 6.24. The van der Waals surface area contributed by atoms with Crippen molar-refractivity contribution in [2.75, 3.05) is 19.8 Å². The fourth-order valence-corrected chi connectivity index (χ4v) is 4.43. The molecule has 4 atom stereocenters. The predicted molar refractivity (Wildman–Crippen MR) is 87.6 cm³/mol. The van der Waals surface area contributed by atoms with Crippen LogP contribution in [0.25, 0.3) is 0 Å². The molecule has 0 heterocycles. The fraction of sp³-hybridized carbons (Fsp3) is 0.941. The Morgan fingerprint density at radius 1 is 1.32 bits per heavy atom. The second kappa shape index (κ2) is 7.75. The van der Waals surface area contributed by atoms with E-state index in [1.54, 1.807) is 0 Å². The maximum absolute atomic E-state index is 11.2. The van der Waals surface area contributed by atoms with Gasteiger partial charge in [-0.05, 0) is 44.4 Å². The van der Waals surface area contributed by atoms with Crippen molar-refractivity contribution >= 4 is 6.21 Å². The van der Waals surface area contributed by atoms with Gasteiger partial charge >= 0.3 is 0 Å². The molecule has 22 heavy (non-hydrogen) atoms. The molecule has 128 valence electrons. The molecule has 4 N–H and O–H groups in total. The molecule has 0 saturated heterocycles. The topological polar surface area (TPSA) is 88.1 Å². The number of nitrogens with two attached hydrogens (primary N) is 1. The lowest BCUT2D eigenvalue weighted by molar-refractivity contribution is -0.107. The van der Waals surface area contributed by atoms with E-state index in [9.17, 15) is 5.11 Å². The minimum Gasteiger partial charge on any atom is -0.396 e. The molecule has 0 amide bonds. The molecule has 0 aromatic heterocycles. The second-order valence-corrected chi connectivity index (χ2v) is 7.30. The number of aliphatic hydroxyl groups is 2. The first kappa shape index (κ1) is 17.7. The van der Waals surface area contributed by atoms with E-state index in [1.807, 2.05) is 6.21 Å². The van der Waals surface area contributed by atoms with Gasteiger partial charge in [0, 0.05) is 30.7 Å². The second-order valence-electron chi connectivity index (χ2n) is 7.30. The zero-order chi connectivity index (χ0) is 16.1. The summed E-state index contributed by atoms with van der Waals surface area (Å²) >= 11 is 0. The van der Waals surface area contributed by atoms with E-state index < -0.39 is 5.60 Å². The van der Waals surface area contributed by atoms with Crippen LogP contribution in [0.3, 0.4) is 0 Å². The summed E-state index contributed by atoms with van der Waals surface area (Å²) in [7, 11) is 0. The molecular formula is C17H32N2O3. The van der Waals surface area contributed by atoms with Crippen molar-refractivity contribution in [1.82, 2.24) is 0 Å². The summed E-state index contributed by atoms with van der Waals surface area (Å²) in [6.07, 6.45) is 9.88. The maximum atomic E-state index is 11.2. The number of nitrogens with zero attached hydrogens (tertiary/aromatic N) is 1. The third-order valence-electron chi connectivity index (χ3n) is 5.99. The van der Waals surface area contributed by atoms with Gasteiger partial charge < -0.3 is 20.8 Å². The van der Waals surface area contributed by atoms with Crippen LogP contribution in [-0.2, 0) is 4.84 Å². The summed E-state index contributed by atoms with van der Waals surface area (Å²) in [5.41, 5.74) is 4.73. The van der Waals surface area contributed by atoms with Gasteiger partial charge in [-0.15, -0.1) is 0 Å². The summed E-state index contributed by atoms with van der Waals surface area (Å²) in [6, 6.07) is 0. The highest BCUT2D eigenvalue weighted by Gasteiger charge is 2.58. The number of hydrogen-bond donors (Lipinski definition) is 3. The summed E-state index contributed by atoms with van der Waals surface area (Å²) < 4.78 is 0. The third-order valence-corrected chi connectivity index (χ3v) is 5.99. The Balaban J connectivity index is 1.93. The van der Waals surface area contributed by atoms with Crippen molar-refractivity contribution in [2.45, 2.75) is 63.9 Å². The van der Waals surface area contributed by atoms with E-state index >= 15 is 0 Å². The van der Waals surface area contributed by atoms with Crippen LogP contribution in [0.2, 0.25) is 0 Å². The number of oxime groups is 1. The molecular weight excluding hydrogens is 280 g/mol. The molecule has 0 spiro atoms. The zero-order valence-electron chi connectivity index (χ0n) is 13.8. The van der Waals surface area contributed by atoms with Crippen LogP contribution in [0.1, 0.15) is 58.3 Å². The van der Waals surface area contributed by atoms with E-state index in [0.29, 0.717) is 19.1 Å². The predicted octanol–water partition coefficient (Wildman–Crippen LogP) is 2.06. The van der Waals surface area contributed by atoms with Gasteiger partial charge in [0.15, 0.2) is 0 Å². The molecule has 2 aliphatic carbocycles. The number of unbranched alkanes of at least 4 members (excludes halogenated alkanes) is 1. The highest BCUT2D eigenvalue weighted by Crippen LogP contribution is 2.59. The molecule has 0 radical (unpaired) electrons. The fourth-order valence-electron chi connectivity index (χ4n) is 4.43. The van der Waals surface area contributed by atoms with Crippen molar-refractivity contribution in [3.8, 4) is 0 Å². The molecule has 5 heteroatoms. The Morgan fingerprint density at radius 3 is 2.86 bits per heavy atom. The average molecular weight is 312 g/mol. The Bertz CT molecular complexity index is 377. The Labute approximate surface area is 133 Å². The number of fused-ring (bicyclic) bond motifs is 1. The summed E-state index contributed by atoms with van der Waals surface area (Å²) in [5, 5.41) is 24.2. The van der Waals surface area contributed by atoms with Gasteiger partial charge in [0.1, 0.15) is 6.61 Å². The lowest BCUT2D eigenvalue weighted by Gasteiger charge is -2.48.